The summed E-state index contributed by atoms with van der Waals surface area (Å²) in [6.45, 7) is 0.936. The molecule has 3 rings (SSSR count). The van der Waals surface area contributed by atoms with Crippen LogP contribution < -0.4 is 5.32 Å². The predicted molar refractivity (Wildman–Crippen MR) is 101 cm³/mol. The molecule has 0 fully saturated rings. The molecule has 0 atom stereocenters. The fourth-order valence-corrected chi connectivity index (χ4v) is 2.65. The Hall–Kier alpha value is -3.67. The van der Waals surface area contributed by atoms with Crippen LogP contribution >= 0.6 is 0 Å². The largest absolute Gasteiger partial charge is 0.506 e. The van der Waals surface area contributed by atoms with Crippen molar-refractivity contribution in [2.75, 3.05) is 11.9 Å². The molecule has 0 heterocycles. The molecule has 0 aromatic heterocycles. The van der Waals surface area contributed by atoms with Crippen molar-refractivity contribution in [2.24, 2.45) is 0 Å². The number of phenols is 1. The van der Waals surface area contributed by atoms with Gasteiger partial charge < -0.3 is 15.2 Å². The van der Waals surface area contributed by atoms with Gasteiger partial charge in [0.2, 0.25) is 5.91 Å². The van der Waals surface area contributed by atoms with Crippen LogP contribution in [0, 0.1) is 0 Å². The Labute approximate surface area is 155 Å². The lowest BCUT2D eigenvalue weighted by Gasteiger charge is -2.08. The molecule has 0 aliphatic heterocycles. The predicted octanol–water partition coefficient (Wildman–Crippen LogP) is 3.54. The third-order valence-corrected chi connectivity index (χ3v) is 3.98. The van der Waals surface area contributed by atoms with Crippen LogP contribution in [0.3, 0.4) is 0 Å². The molecule has 6 heteroatoms. The van der Waals surface area contributed by atoms with Crippen LogP contribution in [0.4, 0.5) is 5.69 Å². The van der Waals surface area contributed by atoms with Gasteiger partial charge in [0, 0.05) is 23.6 Å². The minimum absolute atomic E-state index is 0.00232. The summed E-state index contributed by atoms with van der Waals surface area (Å²) in [5, 5.41) is 14.2. The molecule has 1 amide bonds. The number of nitrogens with one attached hydrogen (secondary N) is 1. The molecule has 136 valence electrons. The monoisotopic (exact) mass is 363 g/mol. The number of esters is 1. The number of fused-ring (bicyclic) bond motifs is 1. The molecule has 0 aliphatic rings. The summed E-state index contributed by atoms with van der Waals surface area (Å²) in [6, 6.07) is 16.5. The zero-order valence-corrected chi connectivity index (χ0v) is 14.6. The number of rotatable bonds is 5. The summed E-state index contributed by atoms with van der Waals surface area (Å²) >= 11 is 0. The smallest absolute Gasteiger partial charge is 0.342 e. The number of anilines is 1. The van der Waals surface area contributed by atoms with Gasteiger partial charge in [0.05, 0.1) is 0 Å². The number of hydrogen-bond acceptors (Lipinski definition) is 5. The Bertz CT molecular complexity index is 1020. The highest BCUT2D eigenvalue weighted by atomic mass is 16.5. The first-order valence-corrected chi connectivity index (χ1v) is 8.24. The van der Waals surface area contributed by atoms with E-state index in [4.69, 9.17) is 4.74 Å². The highest BCUT2D eigenvalue weighted by Gasteiger charge is 2.17. The van der Waals surface area contributed by atoms with Crippen LogP contribution in [0.5, 0.6) is 5.75 Å². The first kappa shape index (κ1) is 18.1. The van der Waals surface area contributed by atoms with Crippen LogP contribution in [0.15, 0.2) is 60.7 Å². The van der Waals surface area contributed by atoms with Crippen molar-refractivity contribution in [1.29, 1.82) is 0 Å². The number of Topliss-reactive ketones (excluding diaryl/α,β-unsaturated/α-hetero) is 1. The molecule has 27 heavy (non-hydrogen) atoms. The number of carbonyl (C=O) groups is 3. The third-order valence-electron chi connectivity index (χ3n) is 3.98. The highest BCUT2D eigenvalue weighted by Crippen LogP contribution is 2.29. The van der Waals surface area contributed by atoms with E-state index in [2.05, 4.69) is 5.32 Å². The fourth-order valence-electron chi connectivity index (χ4n) is 2.65. The maximum atomic E-state index is 12.2. The van der Waals surface area contributed by atoms with Gasteiger partial charge in [0.15, 0.2) is 12.4 Å². The number of benzene rings is 3. The van der Waals surface area contributed by atoms with Gasteiger partial charge in [-0.1, -0.05) is 30.3 Å². The molecule has 3 aromatic carbocycles. The van der Waals surface area contributed by atoms with Crippen LogP contribution in [-0.4, -0.2) is 29.4 Å². The van der Waals surface area contributed by atoms with Crippen LogP contribution in [0.1, 0.15) is 27.6 Å². The molecule has 0 unspecified atom stereocenters. The molecular weight excluding hydrogens is 346 g/mol. The van der Waals surface area contributed by atoms with Gasteiger partial charge in [0.25, 0.3) is 0 Å². The normalized spacial score (nSPS) is 10.4. The lowest BCUT2D eigenvalue weighted by Crippen LogP contribution is -2.14. The van der Waals surface area contributed by atoms with E-state index in [1.807, 2.05) is 12.1 Å². The Morgan fingerprint density at radius 2 is 1.67 bits per heavy atom. The van der Waals surface area contributed by atoms with Gasteiger partial charge in [-0.2, -0.15) is 0 Å². The van der Waals surface area contributed by atoms with Gasteiger partial charge in [-0.05, 0) is 35.7 Å². The maximum absolute atomic E-state index is 12.2. The van der Waals surface area contributed by atoms with Crippen molar-refractivity contribution in [3.05, 3.63) is 71.8 Å². The van der Waals surface area contributed by atoms with Crippen molar-refractivity contribution >= 4 is 34.1 Å². The first-order chi connectivity index (χ1) is 13.0. The molecular formula is C21H17NO5. The second-order valence-corrected chi connectivity index (χ2v) is 5.94. The maximum Gasteiger partial charge on any atom is 0.342 e. The van der Waals surface area contributed by atoms with Crippen molar-refractivity contribution in [3.63, 3.8) is 0 Å². The summed E-state index contributed by atoms with van der Waals surface area (Å²) < 4.78 is 5.05. The van der Waals surface area contributed by atoms with Crippen molar-refractivity contribution in [3.8, 4) is 5.75 Å². The summed E-state index contributed by atoms with van der Waals surface area (Å²) in [5.41, 5.74) is 0.916. The summed E-state index contributed by atoms with van der Waals surface area (Å²) in [4.78, 5) is 35.4. The van der Waals surface area contributed by atoms with Crippen LogP contribution in [-0.2, 0) is 9.53 Å². The van der Waals surface area contributed by atoms with E-state index >= 15 is 0 Å². The molecule has 0 aliphatic carbocycles. The van der Waals surface area contributed by atoms with Gasteiger partial charge in [-0.15, -0.1) is 0 Å². The van der Waals surface area contributed by atoms with Gasteiger partial charge in [-0.25, -0.2) is 4.79 Å². The number of aromatic hydroxyl groups is 1. The zero-order valence-electron chi connectivity index (χ0n) is 14.6. The summed E-state index contributed by atoms with van der Waals surface area (Å²) in [5.74, 6) is -1.55. The molecule has 2 N–H and O–H groups in total. The number of phenolic OH excluding ortho intramolecular Hbond substituents is 1. The quantitative estimate of drug-likeness (QED) is 0.534. The van der Waals surface area contributed by atoms with E-state index in [-0.39, 0.29) is 17.2 Å². The Balaban J connectivity index is 1.67. The molecule has 6 nitrogen and oxygen atoms in total. The second-order valence-electron chi connectivity index (χ2n) is 5.94. The average molecular weight is 363 g/mol. The van der Waals surface area contributed by atoms with Crippen LogP contribution in [0.25, 0.3) is 10.8 Å². The minimum Gasteiger partial charge on any atom is -0.506 e. The Morgan fingerprint density at radius 3 is 2.37 bits per heavy atom. The van der Waals surface area contributed by atoms with Gasteiger partial charge in [0.1, 0.15) is 11.3 Å². The Kier molecular flexibility index (Phi) is 5.17. The fraction of sp³-hybridized carbons (Fsp3) is 0.0952. The number of amides is 1. The van der Waals surface area contributed by atoms with E-state index in [0.717, 1.165) is 5.39 Å². The van der Waals surface area contributed by atoms with E-state index in [9.17, 15) is 19.5 Å². The molecule has 0 bridgehead atoms. The molecule has 0 saturated heterocycles. The Morgan fingerprint density at radius 1 is 0.963 bits per heavy atom. The number of carbonyl (C=O) groups excluding carboxylic acids is 3. The highest BCUT2D eigenvalue weighted by molar-refractivity contribution is 6.03. The van der Waals surface area contributed by atoms with E-state index in [1.54, 1.807) is 30.3 Å². The van der Waals surface area contributed by atoms with Gasteiger partial charge >= 0.3 is 5.97 Å². The number of ketones is 1. The van der Waals surface area contributed by atoms with Gasteiger partial charge in [-0.3, -0.25) is 9.59 Å². The van der Waals surface area contributed by atoms with E-state index in [1.165, 1.54) is 25.1 Å². The summed E-state index contributed by atoms with van der Waals surface area (Å²) in [6.07, 6.45) is 0. The number of hydrogen-bond donors (Lipinski definition) is 2. The standard InChI is InChI=1S/C21H17NO5/c1-13(23)22-16-9-6-15(7-10-16)19(24)12-27-21(26)18-11-8-14-4-2-3-5-17(14)20(18)25/h2-11,25H,12H2,1H3,(H,22,23). The second kappa shape index (κ2) is 7.70. The molecule has 0 radical (unpaired) electrons. The minimum atomic E-state index is -0.776. The SMILES string of the molecule is CC(=O)Nc1ccc(C(=O)COC(=O)c2ccc3ccccc3c2O)cc1. The van der Waals surface area contributed by atoms with Crippen molar-refractivity contribution < 1.29 is 24.2 Å². The van der Waals surface area contributed by atoms with E-state index < -0.39 is 18.4 Å². The average Bonchev–Trinajstić information content (AvgIpc) is 2.66. The van der Waals surface area contributed by atoms with Crippen LogP contribution in [0.2, 0.25) is 0 Å². The van der Waals surface area contributed by atoms with E-state index in [0.29, 0.717) is 16.6 Å². The lowest BCUT2D eigenvalue weighted by molar-refractivity contribution is -0.114. The molecule has 3 aromatic rings. The molecule has 0 saturated carbocycles. The third kappa shape index (κ3) is 4.12. The first-order valence-electron chi connectivity index (χ1n) is 8.24. The number of ether oxygens (including phenoxy) is 1. The summed E-state index contributed by atoms with van der Waals surface area (Å²) in [7, 11) is 0. The zero-order chi connectivity index (χ0) is 19.4. The lowest BCUT2D eigenvalue weighted by atomic mass is 10.1. The topological polar surface area (TPSA) is 92.7 Å². The molecule has 0 spiro atoms. The van der Waals surface area contributed by atoms with Crippen molar-refractivity contribution in [2.45, 2.75) is 6.92 Å². The van der Waals surface area contributed by atoms with Crippen molar-refractivity contribution in [1.82, 2.24) is 0 Å².